The van der Waals surface area contributed by atoms with E-state index >= 15 is 0 Å². The molecule has 0 aliphatic carbocycles. The zero-order chi connectivity index (χ0) is 21.9. The van der Waals surface area contributed by atoms with E-state index in [0.717, 1.165) is 27.1 Å². The molecule has 0 unspecified atom stereocenters. The van der Waals surface area contributed by atoms with Crippen molar-refractivity contribution in [1.82, 2.24) is 4.57 Å². The number of benzene rings is 2. The van der Waals surface area contributed by atoms with Crippen LogP contribution in [0.15, 0.2) is 46.3 Å². The number of carbonyl (C=O) groups excluding carboxylic acids is 1. The second-order valence-electron chi connectivity index (χ2n) is 6.92. The number of nitrogens with zero attached hydrogens (tertiary/aromatic N) is 2. The monoisotopic (exact) mass is 448 g/mol. The standard InChI is InChI=1S/C21H24N2O5S2/c1-14-11-15(5-8-18(14)28-3)12-20(24)22-21-23(9-10-27-2)17-7-6-16(30(4,25)26)13-19(17)29-21/h5-8,11,13H,9-10,12H2,1-4H3. The van der Waals surface area contributed by atoms with E-state index in [1.165, 1.54) is 17.6 Å². The van der Waals surface area contributed by atoms with E-state index in [1.54, 1.807) is 32.4 Å². The maximum Gasteiger partial charge on any atom is 0.252 e. The molecule has 0 atom stereocenters. The second-order valence-corrected chi connectivity index (χ2v) is 9.94. The molecule has 0 aliphatic heterocycles. The van der Waals surface area contributed by atoms with E-state index in [1.807, 2.05) is 29.7 Å². The van der Waals surface area contributed by atoms with Crippen molar-refractivity contribution in [3.05, 3.63) is 52.3 Å². The van der Waals surface area contributed by atoms with Crippen LogP contribution in [0.3, 0.4) is 0 Å². The summed E-state index contributed by atoms with van der Waals surface area (Å²) in [6, 6.07) is 10.5. The molecule has 0 saturated heterocycles. The molecular formula is C21H24N2O5S2. The Kier molecular flexibility index (Phi) is 6.74. The molecular weight excluding hydrogens is 424 g/mol. The van der Waals surface area contributed by atoms with Crippen molar-refractivity contribution in [1.29, 1.82) is 0 Å². The number of ether oxygens (including phenoxy) is 2. The summed E-state index contributed by atoms with van der Waals surface area (Å²) < 4.78 is 36.8. The van der Waals surface area contributed by atoms with E-state index in [4.69, 9.17) is 9.47 Å². The number of hydrogen-bond acceptors (Lipinski definition) is 6. The van der Waals surface area contributed by atoms with Crippen molar-refractivity contribution >= 4 is 37.3 Å². The number of rotatable bonds is 7. The van der Waals surface area contributed by atoms with E-state index < -0.39 is 9.84 Å². The van der Waals surface area contributed by atoms with Gasteiger partial charge in [-0.25, -0.2) is 8.42 Å². The Morgan fingerprint density at radius 2 is 1.93 bits per heavy atom. The van der Waals surface area contributed by atoms with Gasteiger partial charge in [-0.1, -0.05) is 23.5 Å². The number of amides is 1. The number of sulfone groups is 1. The van der Waals surface area contributed by atoms with Crippen LogP contribution in [0.2, 0.25) is 0 Å². The number of carbonyl (C=O) groups is 1. The normalized spacial score (nSPS) is 12.5. The molecule has 0 fully saturated rings. The Bertz CT molecular complexity index is 1260. The Hall–Kier alpha value is -2.49. The molecule has 3 rings (SSSR count). The summed E-state index contributed by atoms with van der Waals surface area (Å²) in [5.41, 5.74) is 2.62. The number of thiazole rings is 1. The number of fused-ring (bicyclic) bond motifs is 1. The summed E-state index contributed by atoms with van der Waals surface area (Å²) in [4.78, 5) is 17.7. The predicted molar refractivity (Wildman–Crippen MR) is 117 cm³/mol. The topological polar surface area (TPSA) is 87.0 Å². The molecule has 0 saturated carbocycles. The molecule has 1 aromatic heterocycles. The maximum absolute atomic E-state index is 12.6. The molecule has 0 N–H and O–H groups in total. The van der Waals surface area contributed by atoms with Crippen LogP contribution in [0.25, 0.3) is 10.2 Å². The van der Waals surface area contributed by atoms with Gasteiger partial charge >= 0.3 is 0 Å². The quantitative estimate of drug-likeness (QED) is 0.555. The van der Waals surface area contributed by atoms with E-state index in [0.29, 0.717) is 18.0 Å². The van der Waals surface area contributed by atoms with Gasteiger partial charge in [0.1, 0.15) is 5.75 Å². The summed E-state index contributed by atoms with van der Waals surface area (Å²) >= 11 is 1.29. The first-order valence-electron chi connectivity index (χ1n) is 9.26. The molecule has 160 valence electrons. The van der Waals surface area contributed by atoms with Gasteiger partial charge in [0.2, 0.25) is 0 Å². The molecule has 2 aromatic carbocycles. The van der Waals surface area contributed by atoms with Crippen LogP contribution in [-0.2, 0) is 32.3 Å². The van der Waals surface area contributed by atoms with Gasteiger partial charge in [-0.2, -0.15) is 4.99 Å². The fourth-order valence-corrected chi connectivity index (χ4v) is 4.97. The van der Waals surface area contributed by atoms with E-state index in [-0.39, 0.29) is 17.2 Å². The summed E-state index contributed by atoms with van der Waals surface area (Å²) in [5.74, 6) is 0.493. The van der Waals surface area contributed by atoms with Gasteiger partial charge in [-0.15, -0.1) is 0 Å². The van der Waals surface area contributed by atoms with Crippen LogP contribution in [0, 0.1) is 6.92 Å². The molecule has 0 spiro atoms. The third-order valence-corrected chi connectivity index (χ3v) is 6.79. The Labute approximate surface area is 179 Å². The Morgan fingerprint density at radius 3 is 2.57 bits per heavy atom. The van der Waals surface area contributed by atoms with Crippen LogP contribution >= 0.6 is 11.3 Å². The van der Waals surface area contributed by atoms with Crippen molar-refractivity contribution < 1.29 is 22.7 Å². The van der Waals surface area contributed by atoms with Crippen LogP contribution in [0.1, 0.15) is 11.1 Å². The van der Waals surface area contributed by atoms with Gasteiger partial charge in [0.05, 0.1) is 35.2 Å². The van der Waals surface area contributed by atoms with Crippen LogP contribution in [-0.4, -0.2) is 46.0 Å². The number of aromatic nitrogens is 1. The maximum atomic E-state index is 12.6. The lowest BCUT2D eigenvalue weighted by atomic mass is 10.1. The fraction of sp³-hybridized carbons (Fsp3) is 0.333. The van der Waals surface area contributed by atoms with Crippen molar-refractivity contribution in [2.45, 2.75) is 24.8 Å². The smallest absolute Gasteiger partial charge is 0.252 e. The third kappa shape index (κ3) is 4.97. The highest BCUT2D eigenvalue weighted by molar-refractivity contribution is 7.90. The first kappa shape index (κ1) is 22.2. The van der Waals surface area contributed by atoms with Gasteiger partial charge in [-0.05, 0) is 42.3 Å². The largest absolute Gasteiger partial charge is 0.496 e. The lowest BCUT2D eigenvalue weighted by Crippen LogP contribution is -2.19. The van der Waals surface area contributed by atoms with Crippen molar-refractivity contribution in [2.75, 3.05) is 27.1 Å². The lowest BCUT2D eigenvalue weighted by molar-refractivity contribution is -0.117. The first-order valence-corrected chi connectivity index (χ1v) is 12.0. The van der Waals surface area contributed by atoms with Gasteiger partial charge < -0.3 is 14.0 Å². The van der Waals surface area contributed by atoms with Crippen molar-refractivity contribution in [3.63, 3.8) is 0 Å². The minimum absolute atomic E-state index is 0.165. The molecule has 30 heavy (non-hydrogen) atoms. The highest BCUT2D eigenvalue weighted by Gasteiger charge is 2.13. The average Bonchev–Trinajstić information content (AvgIpc) is 3.01. The molecule has 3 aromatic rings. The number of hydrogen-bond donors (Lipinski definition) is 0. The molecule has 9 heteroatoms. The molecule has 1 amide bonds. The lowest BCUT2D eigenvalue weighted by Gasteiger charge is -2.06. The summed E-state index contributed by atoms with van der Waals surface area (Å²) in [6.45, 7) is 2.87. The Balaban J connectivity index is 2.00. The van der Waals surface area contributed by atoms with Crippen molar-refractivity contribution in [2.24, 2.45) is 4.99 Å². The number of aryl methyl sites for hydroxylation is 1. The van der Waals surface area contributed by atoms with E-state index in [2.05, 4.69) is 4.99 Å². The SMILES string of the molecule is COCCn1c(=NC(=O)Cc2ccc(OC)c(C)c2)sc2cc(S(C)(=O)=O)ccc21. The molecule has 1 heterocycles. The highest BCUT2D eigenvalue weighted by atomic mass is 32.2. The van der Waals surface area contributed by atoms with Crippen molar-refractivity contribution in [3.8, 4) is 5.75 Å². The van der Waals surface area contributed by atoms with Gasteiger partial charge in [-0.3, -0.25) is 4.79 Å². The van der Waals surface area contributed by atoms with Crippen LogP contribution < -0.4 is 9.54 Å². The zero-order valence-corrected chi connectivity index (χ0v) is 19.0. The molecule has 0 radical (unpaired) electrons. The summed E-state index contributed by atoms with van der Waals surface area (Å²) in [7, 11) is -0.112. The first-order chi connectivity index (χ1) is 14.2. The van der Waals surface area contributed by atoms with E-state index in [9.17, 15) is 13.2 Å². The average molecular weight is 449 g/mol. The molecule has 7 nitrogen and oxygen atoms in total. The number of methoxy groups -OCH3 is 2. The molecule has 0 aliphatic rings. The van der Waals surface area contributed by atoms with Crippen LogP contribution in [0.5, 0.6) is 5.75 Å². The van der Waals surface area contributed by atoms with Gasteiger partial charge in [0, 0.05) is 19.9 Å². The summed E-state index contributed by atoms with van der Waals surface area (Å²) in [6.07, 6.45) is 1.34. The zero-order valence-electron chi connectivity index (χ0n) is 17.3. The van der Waals surface area contributed by atoms with Gasteiger partial charge in [0.25, 0.3) is 5.91 Å². The highest BCUT2D eigenvalue weighted by Crippen LogP contribution is 2.22. The molecule has 0 bridgehead atoms. The second kappa shape index (κ2) is 9.11. The minimum atomic E-state index is -3.32. The summed E-state index contributed by atoms with van der Waals surface area (Å²) in [5, 5.41) is 0. The van der Waals surface area contributed by atoms with Crippen LogP contribution in [0.4, 0.5) is 0 Å². The van der Waals surface area contributed by atoms with Gasteiger partial charge in [0.15, 0.2) is 14.6 Å². The minimum Gasteiger partial charge on any atom is -0.496 e. The third-order valence-electron chi connectivity index (χ3n) is 4.64. The Morgan fingerprint density at radius 1 is 1.17 bits per heavy atom. The predicted octanol–water partition coefficient (Wildman–Crippen LogP) is 2.74. The fourth-order valence-electron chi connectivity index (χ4n) is 3.14.